The van der Waals surface area contributed by atoms with Gasteiger partial charge in [-0.3, -0.25) is 0 Å². The number of para-hydroxylation sites is 1. The number of benzene rings is 4. The van der Waals surface area contributed by atoms with Crippen molar-refractivity contribution in [2.45, 2.75) is 97.8 Å². The number of rotatable bonds is 1. The summed E-state index contributed by atoms with van der Waals surface area (Å²) >= 11 is 2.02. The van der Waals surface area contributed by atoms with Gasteiger partial charge in [-0.15, -0.1) is 11.3 Å². The van der Waals surface area contributed by atoms with Crippen molar-refractivity contribution < 1.29 is 0 Å². The standard InChI is InChI=1S/C41H46BNS/c1-38(2,3)25-16-19-28(20-17-25)43-32-15-13-12-14-31(32)42-36-30(23-27(24-33(36)43)40(7,8)9)41(10,11)35-29-22-26(39(4,5)6)18-21-34(29)44-37(35)42/h12-24H,1-11H3. The summed E-state index contributed by atoms with van der Waals surface area (Å²) in [5.41, 5.74) is 14.0. The van der Waals surface area contributed by atoms with Crippen LogP contribution in [0.5, 0.6) is 0 Å². The molecule has 4 aromatic carbocycles. The van der Waals surface area contributed by atoms with Gasteiger partial charge in [-0.1, -0.05) is 119 Å². The normalized spacial score (nSPS) is 15.7. The van der Waals surface area contributed by atoms with Crippen LogP contribution >= 0.6 is 11.3 Å². The van der Waals surface area contributed by atoms with Crippen LogP contribution in [0.3, 0.4) is 0 Å². The maximum absolute atomic E-state index is 2.56. The third-order valence-electron chi connectivity index (χ3n) is 10.2. The molecule has 0 bridgehead atoms. The largest absolute Gasteiger partial charge is 0.312 e. The molecule has 3 heteroatoms. The first-order chi connectivity index (χ1) is 20.5. The van der Waals surface area contributed by atoms with Gasteiger partial charge in [0.1, 0.15) is 0 Å². The van der Waals surface area contributed by atoms with E-state index < -0.39 is 0 Å². The Hall–Kier alpha value is -3.30. The zero-order chi connectivity index (χ0) is 31.6. The number of nitrogens with zero attached hydrogens (tertiary/aromatic N) is 1. The Labute approximate surface area is 269 Å². The second-order valence-electron chi connectivity index (χ2n) is 16.8. The molecule has 2 aliphatic heterocycles. The fourth-order valence-electron chi connectivity index (χ4n) is 7.52. The van der Waals surface area contributed by atoms with Crippen LogP contribution in [0, 0.1) is 0 Å². The topological polar surface area (TPSA) is 3.24 Å². The molecule has 5 aromatic rings. The minimum Gasteiger partial charge on any atom is -0.312 e. The molecule has 7 rings (SSSR count). The van der Waals surface area contributed by atoms with Gasteiger partial charge in [0.15, 0.2) is 0 Å². The highest BCUT2D eigenvalue weighted by Gasteiger charge is 2.48. The zero-order valence-corrected chi connectivity index (χ0v) is 29.3. The molecule has 2 aliphatic rings. The molecule has 1 nitrogen and oxygen atoms in total. The highest BCUT2D eigenvalue weighted by atomic mass is 32.1. The van der Waals surface area contributed by atoms with Gasteiger partial charge in [0.25, 0.3) is 6.71 Å². The van der Waals surface area contributed by atoms with Gasteiger partial charge in [-0.2, -0.15) is 0 Å². The molecule has 0 spiro atoms. The SMILES string of the molecule is CC(C)(C)c1ccc(N2c3ccccc3B3c4sc5ccc(C(C)(C)C)cc5c4C(C)(C)c4cc(C(C)(C)C)cc2c43)cc1. The average molecular weight is 596 g/mol. The van der Waals surface area contributed by atoms with Crippen molar-refractivity contribution in [3.63, 3.8) is 0 Å². The van der Waals surface area contributed by atoms with Gasteiger partial charge in [-0.25, -0.2) is 0 Å². The molecule has 0 N–H and O–H groups in total. The number of thiophene rings is 1. The van der Waals surface area contributed by atoms with Crippen LogP contribution < -0.4 is 20.6 Å². The molecule has 44 heavy (non-hydrogen) atoms. The highest BCUT2D eigenvalue weighted by Crippen LogP contribution is 2.48. The molecule has 1 aromatic heterocycles. The van der Waals surface area contributed by atoms with E-state index in [4.69, 9.17) is 0 Å². The van der Waals surface area contributed by atoms with Crippen molar-refractivity contribution in [3.8, 4) is 0 Å². The van der Waals surface area contributed by atoms with E-state index in [9.17, 15) is 0 Å². The van der Waals surface area contributed by atoms with Crippen LogP contribution in [-0.2, 0) is 21.7 Å². The van der Waals surface area contributed by atoms with E-state index in [-0.39, 0.29) is 28.4 Å². The Balaban J connectivity index is 1.57. The van der Waals surface area contributed by atoms with E-state index in [2.05, 4.69) is 160 Å². The number of hydrogen-bond donors (Lipinski definition) is 0. The summed E-state index contributed by atoms with van der Waals surface area (Å²) in [7, 11) is 0. The van der Waals surface area contributed by atoms with E-state index in [0.717, 1.165) is 0 Å². The smallest absolute Gasteiger partial charge is 0.259 e. The predicted octanol–water partition coefficient (Wildman–Crippen LogP) is 9.73. The van der Waals surface area contributed by atoms with Gasteiger partial charge in [0.2, 0.25) is 0 Å². The maximum Gasteiger partial charge on any atom is 0.259 e. The lowest BCUT2D eigenvalue weighted by atomic mass is 9.32. The van der Waals surface area contributed by atoms with Crippen LogP contribution in [0.2, 0.25) is 0 Å². The summed E-state index contributed by atoms with van der Waals surface area (Å²) in [6.45, 7) is 26.1. The van der Waals surface area contributed by atoms with E-state index >= 15 is 0 Å². The van der Waals surface area contributed by atoms with Crippen LogP contribution in [0.1, 0.15) is 104 Å². The molecule has 224 valence electrons. The Kier molecular flexibility index (Phi) is 6.26. The molecule has 0 saturated heterocycles. The van der Waals surface area contributed by atoms with Crippen LogP contribution in [0.25, 0.3) is 10.1 Å². The van der Waals surface area contributed by atoms with Crippen molar-refractivity contribution >= 4 is 60.9 Å². The first-order valence-corrected chi connectivity index (χ1v) is 17.1. The van der Waals surface area contributed by atoms with E-state index in [0.29, 0.717) is 0 Å². The van der Waals surface area contributed by atoms with Crippen LogP contribution in [0.4, 0.5) is 17.1 Å². The summed E-state index contributed by atoms with van der Waals surface area (Å²) in [6, 6.07) is 30.8. The number of anilines is 3. The lowest BCUT2D eigenvalue weighted by molar-refractivity contribution is 0.583. The van der Waals surface area contributed by atoms with Crippen molar-refractivity contribution in [2.24, 2.45) is 0 Å². The van der Waals surface area contributed by atoms with E-state index in [1.165, 1.54) is 70.7 Å². The molecule has 0 radical (unpaired) electrons. The number of fused-ring (bicyclic) bond motifs is 6. The Morgan fingerprint density at radius 1 is 0.636 bits per heavy atom. The summed E-state index contributed by atoms with van der Waals surface area (Å²) in [6.07, 6.45) is 0. The summed E-state index contributed by atoms with van der Waals surface area (Å²) in [5, 5.41) is 1.44. The monoisotopic (exact) mass is 595 g/mol. The first kappa shape index (κ1) is 29.4. The lowest BCUT2D eigenvalue weighted by Crippen LogP contribution is -2.63. The Morgan fingerprint density at radius 2 is 1.25 bits per heavy atom. The third kappa shape index (κ3) is 4.33. The average Bonchev–Trinajstić information content (AvgIpc) is 3.33. The lowest BCUT2D eigenvalue weighted by Gasteiger charge is -2.45. The van der Waals surface area contributed by atoms with Gasteiger partial charge >= 0.3 is 0 Å². The Bertz CT molecular complexity index is 1940. The minimum absolute atomic E-state index is 0.0201. The van der Waals surface area contributed by atoms with Gasteiger partial charge in [0, 0.05) is 27.2 Å². The quantitative estimate of drug-likeness (QED) is 0.171. The summed E-state index contributed by atoms with van der Waals surface area (Å²) < 4.78 is 2.92. The fraction of sp³-hybridized carbons (Fsp3) is 0.366. The Morgan fingerprint density at radius 3 is 1.89 bits per heavy atom. The summed E-state index contributed by atoms with van der Waals surface area (Å²) in [4.78, 5) is 2.55. The molecule has 0 saturated carbocycles. The molecule has 0 fully saturated rings. The second kappa shape index (κ2) is 9.36. The third-order valence-corrected chi connectivity index (χ3v) is 11.4. The molecule has 0 unspecified atom stereocenters. The number of hydrogen-bond acceptors (Lipinski definition) is 2. The van der Waals surface area contributed by atoms with Crippen molar-refractivity contribution in [1.29, 1.82) is 0 Å². The molecule has 0 aliphatic carbocycles. The van der Waals surface area contributed by atoms with Crippen LogP contribution in [-0.4, -0.2) is 6.71 Å². The predicted molar refractivity (Wildman–Crippen MR) is 196 cm³/mol. The van der Waals surface area contributed by atoms with Gasteiger partial charge in [0.05, 0.1) is 0 Å². The molecular formula is C41H46BNS. The van der Waals surface area contributed by atoms with Gasteiger partial charge in [-0.05, 0) is 102 Å². The van der Waals surface area contributed by atoms with Crippen molar-refractivity contribution in [2.75, 3.05) is 4.90 Å². The van der Waals surface area contributed by atoms with Crippen molar-refractivity contribution in [3.05, 3.63) is 107 Å². The minimum atomic E-state index is -0.139. The summed E-state index contributed by atoms with van der Waals surface area (Å²) in [5.74, 6) is 0. The fourth-order valence-corrected chi connectivity index (χ4v) is 9.00. The van der Waals surface area contributed by atoms with E-state index in [1.807, 2.05) is 11.3 Å². The van der Waals surface area contributed by atoms with Crippen LogP contribution in [0.15, 0.2) is 78.9 Å². The first-order valence-electron chi connectivity index (χ1n) is 16.2. The molecule has 3 heterocycles. The van der Waals surface area contributed by atoms with E-state index in [1.54, 1.807) is 0 Å². The zero-order valence-electron chi connectivity index (χ0n) is 28.4. The molecule has 0 atom stereocenters. The highest BCUT2D eigenvalue weighted by molar-refractivity contribution is 7.32. The molecular weight excluding hydrogens is 549 g/mol. The van der Waals surface area contributed by atoms with Crippen molar-refractivity contribution in [1.82, 2.24) is 0 Å². The second-order valence-corrected chi connectivity index (χ2v) is 17.8. The van der Waals surface area contributed by atoms with Gasteiger partial charge < -0.3 is 4.90 Å². The maximum atomic E-state index is 2.56. The molecule has 0 amide bonds.